The van der Waals surface area contributed by atoms with Crippen molar-refractivity contribution in [3.63, 3.8) is 0 Å². The highest BCUT2D eigenvalue weighted by Gasteiger charge is 2.16. The minimum absolute atomic E-state index is 0.0387. The third-order valence-corrected chi connectivity index (χ3v) is 5.00. The molecule has 4 nitrogen and oxygen atoms in total. The summed E-state index contributed by atoms with van der Waals surface area (Å²) in [4.78, 5) is 0. The lowest BCUT2D eigenvalue weighted by Gasteiger charge is -2.12. The van der Waals surface area contributed by atoms with Crippen LogP contribution in [0, 0.1) is 6.92 Å². The van der Waals surface area contributed by atoms with E-state index in [1.807, 2.05) is 25.1 Å². The molecule has 0 saturated heterocycles. The van der Waals surface area contributed by atoms with Crippen molar-refractivity contribution in [2.24, 2.45) is 5.73 Å². The minimum Gasteiger partial charge on any atom is -0.492 e. The van der Waals surface area contributed by atoms with E-state index in [2.05, 4.69) is 0 Å². The number of aryl methyl sites for hydroxylation is 1. The summed E-state index contributed by atoms with van der Waals surface area (Å²) in [6, 6.07) is 5.72. The molecule has 1 aromatic rings. The smallest absolute Gasteiger partial charge is 0.155 e. The summed E-state index contributed by atoms with van der Waals surface area (Å²) in [5.74, 6) is 0.744. The number of nitrogens with two attached hydrogens (primary N) is 1. The molecule has 5 heteroatoms. The van der Waals surface area contributed by atoms with E-state index in [1.165, 1.54) is 0 Å². The average molecular weight is 271 g/mol. The van der Waals surface area contributed by atoms with Crippen LogP contribution in [0.2, 0.25) is 0 Å². The molecule has 0 aromatic heterocycles. The zero-order valence-corrected chi connectivity index (χ0v) is 12.0. The van der Waals surface area contributed by atoms with Gasteiger partial charge in [-0.25, -0.2) is 8.42 Å². The Balaban J connectivity index is 2.64. The summed E-state index contributed by atoms with van der Waals surface area (Å²) in [7, 11) is -3.05. The molecule has 0 unspecified atom stereocenters. The standard InChI is InChI=1S/C13H21NO3S/c1-10(2)18(15,16)7-6-17-13-8-12(9-14)5-4-11(13)3/h4-5,8,10H,6-7,9,14H2,1-3H3. The number of rotatable bonds is 6. The summed E-state index contributed by atoms with van der Waals surface area (Å²) >= 11 is 0. The Morgan fingerprint density at radius 2 is 2.00 bits per heavy atom. The van der Waals surface area contributed by atoms with Gasteiger partial charge in [0.15, 0.2) is 9.84 Å². The highest BCUT2D eigenvalue weighted by atomic mass is 32.2. The monoisotopic (exact) mass is 271 g/mol. The van der Waals surface area contributed by atoms with Crippen molar-refractivity contribution in [3.05, 3.63) is 29.3 Å². The van der Waals surface area contributed by atoms with Gasteiger partial charge in [-0.05, 0) is 38.0 Å². The van der Waals surface area contributed by atoms with Crippen LogP contribution in [0.15, 0.2) is 18.2 Å². The van der Waals surface area contributed by atoms with Crippen molar-refractivity contribution < 1.29 is 13.2 Å². The lowest BCUT2D eigenvalue weighted by molar-refractivity contribution is 0.338. The Morgan fingerprint density at radius 1 is 1.33 bits per heavy atom. The predicted octanol–water partition coefficient (Wildman–Crippen LogP) is 1.66. The van der Waals surface area contributed by atoms with Gasteiger partial charge < -0.3 is 10.5 Å². The van der Waals surface area contributed by atoms with Crippen LogP contribution in [0.3, 0.4) is 0 Å². The fourth-order valence-corrected chi connectivity index (χ4v) is 2.22. The first-order valence-corrected chi connectivity index (χ1v) is 7.72. The van der Waals surface area contributed by atoms with Gasteiger partial charge in [0.25, 0.3) is 0 Å². The van der Waals surface area contributed by atoms with E-state index in [0.29, 0.717) is 12.3 Å². The second-order valence-electron chi connectivity index (χ2n) is 4.57. The molecular formula is C13H21NO3S. The zero-order chi connectivity index (χ0) is 13.8. The van der Waals surface area contributed by atoms with Crippen LogP contribution in [-0.2, 0) is 16.4 Å². The van der Waals surface area contributed by atoms with Crippen LogP contribution in [-0.4, -0.2) is 26.0 Å². The fraction of sp³-hybridized carbons (Fsp3) is 0.538. The van der Waals surface area contributed by atoms with E-state index < -0.39 is 9.84 Å². The quantitative estimate of drug-likeness (QED) is 0.854. The van der Waals surface area contributed by atoms with Crippen LogP contribution in [0.25, 0.3) is 0 Å². The predicted molar refractivity (Wildman–Crippen MR) is 73.5 cm³/mol. The molecule has 0 spiro atoms. The molecule has 102 valence electrons. The maximum atomic E-state index is 11.6. The number of benzene rings is 1. The number of hydrogen-bond acceptors (Lipinski definition) is 4. The van der Waals surface area contributed by atoms with Crippen LogP contribution in [0.4, 0.5) is 0 Å². The normalized spacial score (nSPS) is 11.8. The lowest BCUT2D eigenvalue weighted by atomic mass is 10.1. The van der Waals surface area contributed by atoms with E-state index in [0.717, 1.165) is 11.1 Å². The van der Waals surface area contributed by atoms with Crippen molar-refractivity contribution in [1.82, 2.24) is 0 Å². The maximum absolute atomic E-state index is 11.6. The van der Waals surface area contributed by atoms with Crippen molar-refractivity contribution >= 4 is 9.84 Å². The molecule has 0 fully saturated rings. The van der Waals surface area contributed by atoms with Gasteiger partial charge in [0.2, 0.25) is 0 Å². The maximum Gasteiger partial charge on any atom is 0.155 e. The Kier molecular flexibility index (Phi) is 5.16. The Hall–Kier alpha value is -1.07. The molecule has 0 heterocycles. The van der Waals surface area contributed by atoms with Crippen LogP contribution in [0.5, 0.6) is 5.75 Å². The first kappa shape index (κ1) is 15.0. The Labute approximate surface area is 109 Å². The highest BCUT2D eigenvalue weighted by molar-refractivity contribution is 7.91. The van der Waals surface area contributed by atoms with Gasteiger partial charge in [0.1, 0.15) is 12.4 Å². The average Bonchev–Trinajstić information content (AvgIpc) is 2.31. The van der Waals surface area contributed by atoms with E-state index >= 15 is 0 Å². The molecule has 1 aromatic carbocycles. The van der Waals surface area contributed by atoms with Gasteiger partial charge in [-0.2, -0.15) is 0 Å². The van der Waals surface area contributed by atoms with Crippen LogP contribution < -0.4 is 10.5 Å². The molecule has 0 aliphatic carbocycles. The van der Waals surface area contributed by atoms with Gasteiger partial charge in [0, 0.05) is 6.54 Å². The SMILES string of the molecule is Cc1ccc(CN)cc1OCCS(=O)(=O)C(C)C. The largest absolute Gasteiger partial charge is 0.492 e. The Bertz CT molecular complexity index is 495. The molecule has 0 atom stereocenters. The molecule has 1 rings (SSSR count). The highest BCUT2D eigenvalue weighted by Crippen LogP contribution is 2.19. The molecule has 0 aliphatic rings. The molecule has 0 amide bonds. The molecule has 0 aliphatic heterocycles. The van der Waals surface area contributed by atoms with E-state index in [9.17, 15) is 8.42 Å². The van der Waals surface area contributed by atoms with E-state index in [-0.39, 0.29) is 17.6 Å². The topological polar surface area (TPSA) is 69.4 Å². The number of ether oxygens (including phenoxy) is 1. The molecule has 0 bridgehead atoms. The molecule has 0 saturated carbocycles. The van der Waals surface area contributed by atoms with Gasteiger partial charge >= 0.3 is 0 Å². The van der Waals surface area contributed by atoms with Crippen LogP contribution >= 0.6 is 0 Å². The molecule has 18 heavy (non-hydrogen) atoms. The van der Waals surface area contributed by atoms with Crippen molar-refractivity contribution in [3.8, 4) is 5.75 Å². The molecule has 0 radical (unpaired) electrons. The van der Waals surface area contributed by atoms with E-state index in [1.54, 1.807) is 13.8 Å². The lowest BCUT2D eigenvalue weighted by Crippen LogP contribution is -2.22. The first-order chi connectivity index (χ1) is 8.36. The second kappa shape index (κ2) is 6.20. The third kappa shape index (κ3) is 3.99. The van der Waals surface area contributed by atoms with Gasteiger partial charge in [-0.15, -0.1) is 0 Å². The number of sulfone groups is 1. The van der Waals surface area contributed by atoms with Crippen LogP contribution in [0.1, 0.15) is 25.0 Å². The second-order valence-corrected chi connectivity index (χ2v) is 7.24. The van der Waals surface area contributed by atoms with Gasteiger partial charge in [0.05, 0.1) is 11.0 Å². The van der Waals surface area contributed by atoms with E-state index in [4.69, 9.17) is 10.5 Å². The summed E-state index contributed by atoms with van der Waals surface area (Å²) in [5.41, 5.74) is 7.51. The summed E-state index contributed by atoms with van der Waals surface area (Å²) < 4.78 is 28.8. The van der Waals surface area contributed by atoms with Crippen molar-refractivity contribution in [2.75, 3.05) is 12.4 Å². The minimum atomic E-state index is -3.05. The van der Waals surface area contributed by atoms with Gasteiger partial charge in [-0.1, -0.05) is 12.1 Å². The summed E-state index contributed by atoms with van der Waals surface area (Å²) in [6.07, 6.45) is 0. The van der Waals surface area contributed by atoms with Crippen molar-refractivity contribution in [2.45, 2.75) is 32.6 Å². The zero-order valence-electron chi connectivity index (χ0n) is 11.1. The first-order valence-electron chi connectivity index (χ1n) is 6.01. The summed E-state index contributed by atoms with van der Waals surface area (Å²) in [6.45, 7) is 5.90. The third-order valence-electron chi connectivity index (χ3n) is 2.83. The summed E-state index contributed by atoms with van der Waals surface area (Å²) in [5, 5.41) is -0.363. The van der Waals surface area contributed by atoms with Gasteiger partial charge in [-0.3, -0.25) is 0 Å². The van der Waals surface area contributed by atoms with Crippen molar-refractivity contribution in [1.29, 1.82) is 0 Å². The Morgan fingerprint density at radius 3 is 2.56 bits per heavy atom. The molecular weight excluding hydrogens is 250 g/mol. The number of hydrogen-bond donors (Lipinski definition) is 1. The fourth-order valence-electron chi connectivity index (χ4n) is 1.43. The molecule has 2 N–H and O–H groups in total.